The predicted molar refractivity (Wildman–Crippen MR) is 124 cm³/mol. The molecule has 4 rings (SSSR count). The maximum Gasteiger partial charge on any atom is 0.119 e. The van der Waals surface area contributed by atoms with E-state index in [0.29, 0.717) is 5.92 Å². The highest BCUT2D eigenvalue weighted by molar-refractivity contribution is 7.97. The van der Waals surface area contributed by atoms with Crippen LogP contribution < -0.4 is 14.8 Å². The van der Waals surface area contributed by atoms with Crippen LogP contribution in [0.25, 0.3) is 0 Å². The molecular weight excluding hydrogens is 392 g/mol. The third-order valence-electron chi connectivity index (χ3n) is 5.80. The molecule has 30 heavy (non-hydrogen) atoms. The Labute approximate surface area is 184 Å². The summed E-state index contributed by atoms with van der Waals surface area (Å²) in [5.41, 5.74) is 2.77. The van der Waals surface area contributed by atoms with Crippen LogP contribution in [0.3, 0.4) is 0 Å². The number of hydrogen-bond acceptors (Lipinski definition) is 5. The Bertz CT molecular complexity index is 826. The standard InChI is InChI=1S/C25H32N2O2S/c1-28-19-13-15-20(16-14-19)30-26-17-6-2-3-7-18-29-24-12-8-10-22-21-9-4-5-11-23(21)27-25(22)24/h8-16,22,25-27H,2-7,17-18H2,1H3. The lowest BCUT2D eigenvalue weighted by Crippen LogP contribution is -2.30. The Kier molecular flexibility index (Phi) is 7.59. The molecule has 3 aliphatic rings. The monoisotopic (exact) mass is 424 g/mol. The van der Waals surface area contributed by atoms with Crippen molar-refractivity contribution in [3.8, 4) is 5.75 Å². The van der Waals surface area contributed by atoms with Gasteiger partial charge in [-0.25, -0.2) is 0 Å². The zero-order chi connectivity index (χ0) is 20.6. The number of nitrogens with one attached hydrogen (secondary N) is 2. The van der Waals surface area contributed by atoms with Gasteiger partial charge in [-0.1, -0.05) is 37.1 Å². The summed E-state index contributed by atoms with van der Waals surface area (Å²) < 4.78 is 14.8. The lowest BCUT2D eigenvalue weighted by molar-refractivity contribution is 0.178. The lowest BCUT2D eigenvalue weighted by atomic mass is 9.88. The van der Waals surface area contributed by atoms with E-state index in [1.54, 1.807) is 19.1 Å². The summed E-state index contributed by atoms with van der Waals surface area (Å²) in [5.74, 6) is 2.43. The Morgan fingerprint density at radius 2 is 1.90 bits per heavy atom. The quantitative estimate of drug-likeness (QED) is 0.362. The molecule has 1 fully saturated rings. The molecule has 1 heterocycles. The SMILES string of the molecule is COc1ccc(SNCCCCCCOC2=CC=CC3C4=CCCC=C4NC23)cc1. The fourth-order valence-electron chi connectivity index (χ4n) is 4.18. The summed E-state index contributed by atoms with van der Waals surface area (Å²) >= 11 is 1.68. The molecule has 0 aromatic heterocycles. The van der Waals surface area contributed by atoms with Crippen molar-refractivity contribution in [1.29, 1.82) is 0 Å². The Morgan fingerprint density at radius 3 is 2.77 bits per heavy atom. The fourth-order valence-corrected chi connectivity index (χ4v) is 4.87. The van der Waals surface area contributed by atoms with Gasteiger partial charge in [-0.15, -0.1) is 0 Å². The molecule has 0 amide bonds. The van der Waals surface area contributed by atoms with Gasteiger partial charge in [0.2, 0.25) is 0 Å². The van der Waals surface area contributed by atoms with Gasteiger partial charge < -0.3 is 14.8 Å². The van der Waals surface area contributed by atoms with Crippen molar-refractivity contribution in [2.45, 2.75) is 49.5 Å². The molecule has 1 aliphatic heterocycles. The molecule has 0 saturated carbocycles. The smallest absolute Gasteiger partial charge is 0.119 e. The zero-order valence-corrected chi connectivity index (χ0v) is 18.5. The largest absolute Gasteiger partial charge is 0.497 e. The molecule has 0 spiro atoms. The number of methoxy groups -OCH3 is 1. The molecular formula is C25H32N2O2S. The summed E-state index contributed by atoms with van der Waals surface area (Å²) in [7, 11) is 1.69. The van der Waals surface area contributed by atoms with E-state index in [4.69, 9.17) is 9.47 Å². The van der Waals surface area contributed by atoms with E-state index in [1.165, 1.54) is 35.4 Å². The van der Waals surface area contributed by atoms with E-state index in [1.807, 2.05) is 12.1 Å². The second-order valence-electron chi connectivity index (χ2n) is 7.89. The van der Waals surface area contributed by atoms with Crippen LogP contribution in [-0.4, -0.2) is 26.3 Å². The summed E-state index contributed by atoms with van der Waals surface area (Å²) in [4.78, 5) is 1.21. The van der Waals surface area contributed by atoms with Crippen molar-refractivity contribution in [2.24, 2.45) is 5.92 Å². The van der Waals surface area contributed by atoms with Gasteiger partial charge in [0.25, 0.3) is 0 Å². The van der Waals surface area contributed by atoms with Gasteiger partial charge in [-0.3, -0.25) is 4.72 Å². The van der Waals surface area contributed by atoms with Crippen LogP contribution in [0.5, 0.6) is 5.75 Å². The molecule has 0 radical (unpaired) electrons. The van der Waals surface area contributed by atoms with E-state index in [0.717, 1.165) is 43.9 Å². The second-order valence-corrected chi connectivity index (χ2v) is 8.86. The highest BCUT2D eigenvalue weighted by atomic mass is 32.2. The van der Waals surface area contributed by atoms with Gasteiger partial charge in [-0.2, -0.15) is 0 Å². The minimum atomic E-state index is 0.282. The van der Waals surface area contributed by atoms with E-state index in [9.17, 15) is 0 Å². The van der Waals surface area contributed by atoms with Crippen LogP contribution in [0, 0.1) is 5.92 Å². The first-order valence-electron chi connectivity index (χ1n) is 11.1. The topological polar surface area (TPSA) is 42.5 Å². The summed E-state index contributed by atoms with van der Waals surface area (Å²) in [6.45, 7) is 1.82. The van der Waals surface area contributed by atoms with Gasteiger partial charge in [0.1, 0.15) is 11.5 Å². The van der Waals surface area contributed by atoms with E-state index < -0.39 is 0 Å². The highest BCUT2D eigenvalue weighted by Crippen LogP contribution is 2.39. The number of hydrogen-bond donors (Lipinski definition) is 2. The Hall–Kier alpha value is -2.11. The van der Waals surface area contributed by atoms with Gasteiger partial charge in [-0.05, 0) is 73.5 Å². The molecule has 1 aromatic rings. The van der Waals surface area contributed by atoms with Crippen molar-refractivity contribution < 1.29 is 9.47 Å². The molecule has 2 atom stereocenters. The molecule has 2 aliphatic carbocycles. The van der Waals surface area contributed by atoms with Crippen LogP contribution in [0.4, 0.5) is 0 Å². The summed E-state index contributed by atoms with van der Waals surface area (Å²) in [6, 6.07) is 8.42. The van der Waals surface area contributed by atoms with Gasteiger partial charge in [0, 0.05) is 23.1 Å². The number of allylic oxidation sites excluding steroid dienone is 5. The van der Waals surface area contributed by atoms with Crippen LogP contribution in [-0.2, 0) is 4.74 Å². The molecule has 0 bridgehead atoms. The number of unbranched alkanes of at least 4 members (excludes halogenated alkanes) is 3. The van der Waals surface area contributed by atoms with E-state index in [2.05, 4.69) is 52.6 Å². The average Bonchev–Trinajstić information content (AvgIpc) is 3.18. The maximum absolute atomic E-state index is 6.17. The van der Waals surface area contributed by atoms with Gasteiger partial charge in [0.05, 0.1) is 19.8 Å². The molecule has 5 heteroatoms. The maximum atomic E-state index is 6.17. The zero-order valence-electron chi connectivity index (χ0n) is 17.7. The van der Waals surface area contributed by atoms with Crippen LogP contribution in [0.15, 0.2) is 76.6 Å². The van der Waals surface area contributed by atoms with Crippen LogP contribution in [0.1, 0.15) is 38.5 Å². The Morgan fingerprint density at radius 1 is 1.07 bits per heavy atom. The summed E-state index contributed by atoms with van der Waals surface area (Å²) in [6.07, 6.45) is 18.3. The number of benzene rings is 1. The van der Waals surface area contributed by atoms with Crippen LogP contribution in [0.2, 0.25) is 0 Å². The third-order valence-corrected chi connectivity index (χ3v) is 6.65. The van der Waals surface area contributed by atoms with E-state index >= 15 is 0 Å². The number of ether oxygens (including phenoxy) is 2. The average molecular weight is 425 g/mol. The molecule has 2 unspecified atom stereocenters. The van der Waals surface area contributed by atoms with Gasteiger partial charge in [0.15, 0.2) is 0 Å². The van der Waals surface area contributed by atoms with Gasteiger partial charge >= 0.3 is 0 Å². The van der Waals surface area contributed by atoms with Crippen molar-refractivity contribution in [1.82, 2.24) is 10.0 Å². The molecule has 1 aromatic carbocycles. The predicted octanol–water partition coefficient (Wildman–Crippen LogP) is 5.51. The first-order valence-corrected chi connectivity index (χ1v) is 11.9. The fraction of sp³-hybridized carbons (Fsp3) is 0.440. The van der Waals surface area contributed by atoms with Crippen molar-refractivity contribution in [3.05, 3.63) is 71.7 Å². The highest BCUT2D eigenvalue weighted by Gasteiger charge is 2.37. The molecule has 4 nitrogen and oxygen atoms in total. The summed E-state index contributed by atoms with van der Waals surface area (Å²) in [5, 5.41) is 3.67. The first-order chi connectivity index (χ1) is 14.8. The van der Waals surface area contributed by atoms with Crippen molar-refractivity contribution >= 4 is 11.9 Å². The minimum absolute atomic E-state index is 0.282. The first kappa shape index (κ1) is 21.1. The molecule has 160 valence electrons. The Balaban J connectivity index is 1.07. The van der Waals surface area contributed by atoms with Crippen molar-refractivity contribution in [2.75, 3.05) is 20.3 Å². The number of rotatable bonds is 11. The third kappa shape index (κ3) is 5.32. The second kappa shape index (κ2) is 10.8. The normalized spacial score (nSPS) is 21.7. The van der Waals surface area contributed by atoms with Crippen molar-refractivity contribution in [3.63, 3.8) is 0 Å². The lowest BCUT2D eigenvalue weighted by Gasteiger charge is -2.23. The minimum Gasteiger partial charge on any atom is -0.497 e. The van der Waals surface area contributed by atoms with Crippen LogP contribution >= 0.6 is 11.9 Å². The molecule has 1 saturated heterocycles. The molecule has 2 N–H and O–H groups in total. The van der Waals surface area contributed by atoms with E-state index in [-0.39, 0.29) is 6.04 Å². The number of fused-ring (bicyclic) bond motifs is 3.